The van der Waals surface area contributed by atoms with Crippen molar-refractivity contribution in [2.24, 2.45) is 0 Å². The molecule has 1 N–H and O–H groups in total. The summed E-state index contributed by atoms with van der Waals surface area (Å²) in [4.78, 5) is 26.2. The Hall–Kier alpha value is -2.99. The number of ether oxygens (including phenoxy) is 1. The third-order valence-electron chi connectivity index (χ3n) is 2.85. The van der Waals surface area contributed by atoms with E-state index in [1.54, 1.807) is 24.4 Å². The molecular weight excluding hydrogens is 320 g/mol. The second-order valence-electron chi connectivity index (χ2n) is 4.56. The van der Waals surface area contributed by atoms with Gasteiger partial charge in [-0.3, -0.25) is 4.79 Å². The fraction of sp³-hybridized carbons (Fsp3) is 0.214. The van der Waals surface area contributed by atoms with Crippen LogP contribution in [0.4, 0.5) is 10.8 Å². The van der Waals surface area contributed by atoms with Crippen LogP contribution >= 0.6 is 11.3 Å². The van der Waals surface area contributed by atoms with Crippen LogP contribution in [0.5, 0.6) is 5.75 Å². The van der Waals surface area contributed by atoms with Crippen LogP contribution < -0.4 is 10.1 Å². The highest BCUT2D eigenvalue weighted by molar-refractivity contribution is 7.14. The van der Waals surface area contributed by atoms with Crippen molar-refractivity contribution in [1.82, 2.24) is 4.98 Å². The number of rotatable bonds is 5. The summed E-state index contributed by atoms with van der Waals surface area (Å²) in [5.41, 5.74) is 0.817. The maximum absolute atomic E-state index is 12.1. The van der Waals surface area contributed by atoms with Gasteiger partial charge in [0.2, 0.25) is 5.75 Å². The van der Waals surface area contributed by atoms with E-state index in [1.807, 2.05) is 6.07 Å². The van der Waals surface area contributed by atoms with Crippen LogP contribution in [0, 0.1) is 28.4 Å². The second kappa shape index (κ2) is 6.85. The Morgan fingerprint density at radius 3 is 2.91 bits per heavy atom. The molecule has 1 atom stereocenters. The molecule has 0 bridgehead atoms. The van der Waals surface area contributed by atoms with Crippen molar-refractivity contribution in [3.8, 4) is 11.8 Å². The highest BCUT2D eigenvalue weighted by Gasteiger charge is 2.23. The fourth-order valence-corrected chi connectivity index (χ4v) is 2.45. The molecule has 0 aliphatic rings. The molecule has 2 rings (SSSR count). The van der Waals surface area contributed by atoms with E-state index in [0.717, 1.165) is 0 Å². The molecule has 0 spiro atoms. The number of amides is 1. The fourth-order valence-electron chi connectivity index (χ4n) is 1.70. The minimum Gasteiger partial charge on any atom is -0.473 e. The van der Waals surface area contributed by atoms with E-state index in [-0.39, 0.29) is 5.75 Å². The summed E-state index contributed by atoms with van der Waals surface area (Å²) in [5.74, 6) is -1.05. The lowest BCUT2D eigenvalue weighted by atomic mass is 10.3. The molecule has 0 fully saturated rings. The third-order valence-corrected chi connectivity index (χ3v) is 3.68. The summed E-state index contributed by atoms with van der Waals surface area (Å²) in [6, 6.07) is 6.49. The van der Waals surface area contributed by atoms with Gasteiger partial charge in [0.15, 0.2) is 6.10 Å². The van der Waals surface area contributed by atoms with Crippen molar-refractivity contribution in [2.75, 3.05) is 5.32 Å². The number of nitro groups is 1. The van der Waals surface area contributed by atoms with E-state index < -0.39 is 22.8 Å². The lowest BCUT2D eigenvalue weighted by Gasteiger charge is -2.14. The molecule has 0 aliphatic heterocycles. The Kier molecular flexibility index (Phi) is 4.88. The molecule has 0 saturated heterocycles. The van der Waals surface area contributed by atoms with Gasteiger partial charge in [0.25, 0.3) is 5.91 Å². The normalized spacial score (nSPS) is 11.3. The van der Waals surface area contributed by atoms with Crippen molar-refractivity contribution in [1.29, 1.82) is 5.26 Å². The maximum atomic E-state index is 12.1. The number of carbonyl (C=O) groups excluding carboxylic acids is 1. The number of nitriles is 1. The summed E-state index contributed by atoms with van der Waals surface area (Å²) in [6.07, 6.45) is -0.994. The molecule has 1 amide bonds. The molecule has 2 aromatic rings. The number of hydrogen-bond acceptors (Lipinski definition) is 7. The van der Waals surface area contributed by atoms with Gasteiger partial charge >= 0.3 is 5.82 Å². The van der Waals surface area contributed by atoms with Crippen molar-refractivity contribution < 1.29 is 14.5 Å². The van der Waals surface area contributed by atoms with E-state index in [2.05, 4.69) is 10.3 Å². The third kappa shape index (κ3) is 3.81. The van der Waals surface area contributed by atoms with Crippen molar-refractivity contribution in [3.05, 3.63) is 45.0 Å². The number of hydrogen-bond donors (Lipinski definition) is 1. The molecule has 2 heterocycles. The van der Waals surface area contributed by atoms with Crippen LogP contribution in [0.25, 0.3) is 0 Å². The van der Waals surface area contributed by atoms with Gasteiger partial charge in [-0.25, -0.2) is 0 Å². The summed E-state index contributed by atoms with van der Waals surface area (Å²) < 4.78 is 5.35. The van der Waals surface area contributed by atoms with Crippen molar-refractivity contribution >= 4 is 28.1 Å². The molecule has 0 aliphatic carbocycles. The first-order valence-corrected chi connectivity index (χ1v) is 7.37. The lowest BCUT2D eigenvalue weighted by molar-refractivity contribution is -0.390. The SMILES string of the molecule is Cc1ccc(O[C@@H](C)C(=O)Nc2sccc2C#N)c([N+](=O)[O-])n1. The molecule has 0 radical (unpaired) electrons. The predicted octanol–water partition coefficient (Wildman–Crippen LogP) is 2.64. The Bertz CT molecular complexity index is 796. The highest BCUT2D eigenvalue weighted by atomic mass is 32.1. The van der Waals surface area contributed by atoms with Crippen LogP contribution in [0.2, 0.25) is 0 Å². The molecule has 9 heteroatoms. The summed E-state index contributed by atoms with van der Waals surface area (Å²) in [6.45, 7) is 3.08. The summed E-state index contributed by atoms with van der Waals surface area (Å²) >= 11 is 1.21. The van der Waals surface area contributed by atoms with Gasteiger partial charge in [0, 0.05) is 6.92 Å². The van der Waals surface area contributed by atoms with E-state index in [0.29, 0.717) is 16.3 Å². The van der Waals surface area contributed by atoms with E-state index in [1.165, 1.54) is 24.3 Å². The zero-order valence-corrected chi connectivity index (χ0v) is 13.1. The van der Waals surface area contributed by atoms with Crippen LogP contribution in [0.3, 0.4) is 0 Å². The quantitative estimate of drug-likeness (QED) is 0.664. The van der Waals surface area contributed by atoms with Gasteiger partial charge in [-0.15, -0.1) is 11.3 Å². The van der Waals surface area contributed by atoms with E-state index >= 15 is 0 Å². The van der Waals surface area contributed by atoms with Crippen LogP contribution in [0.15, 0.2) is 23.6 Å². The standard InChI is InChI=1S/C14H12N4O4S/c1-8-3-4-11(12(16-8)18(20)21)22-9(2)13(19)17-14-10(7-15)5-6-23-14/h3-6,9H,1-2H3,(H,17,19)/t9-/m0/s1. The molecule has 8 nitrogen and oxygen atoms in total. The first-order valence-electron chi connectivity index (χ1n) is 6.49. The first-order chi connectivity index (χ1) is 10.9. The van der Waals surface area contributed by atoms with E-state index in [4.69, 9.17) is 10.00 Å². The maximum Gasteiger partial charge on any atom is 0.406 e. The number of carbonyl (C=O) groups is 1. The zero-order valence-electron chi connectivity index (χ0n) is 12.3. The lowest BCUT2D eigenvalue weighted by Crippen LogP contribution is -2.30. The van der Waals surface area contributed by atoms with Gasteiger partial charge in [-0.1, -0.05) is 0 Å². The molecule has 0 aromatic carbocycles. The van der Waals surface area contributed by atoms with Crippen molar-refractivity contribution in [3.63, 3.8) is 0 Å². The monoisotopic (exact) mass is 332 g/mol. The minimum absolute atomic E-state index is 0.0880. The predicted molar refractivity (Wildman–Crippen MR) is 83.4 cm³/mol. The molecular formula is C14H12N4O4S. The Morgan fingerprint density at radius 1 is 1.52 bits per heavy atom. The molecule has 2 aromatic heterocycles. The number of pyridine rings is 1. The summed E-state index contributed by atoms with van der Waals surface area (Å²) in [7, 11) is 0. The van der Waals surface area contributed by atoms with E-state index in [9.17, 15) is 14.9 Å². The smallest absolute Gasteiger partial charge is 0.406 e. The van der Waals surface area contributed by atoms with Gasteiger partial charge in [-0.2, -0.15) is 5.26 Å². The Morgan fingerprint density at radius 2 is 2.26 bits per heavy atom. The average Bonchev–Trinajstić information content (AvgIpc) is 2.95. The van der Waals surface area contributed by atoms with Gasteiger partial charge in [0.1, 0.15) is 16.8 Å². The molecule has 118 valence electrons. The molecule has 0 saturated carbocycles. The van der Waals surface area contributed by atoms with Gasteiger partial charge in [0.05, 0.1) is 5.56 Å². The number of anilines is 1. The number of aryl methyl sites for hydroxylation is 1. The molecule has 0 unspecified atom stereocenters. The minimum atomic E-state index is -0.994. The van der Waals surface area contributed by atoms with Gasteiger partial charge < -0.3 is 20.2 Å². The zero-order chi connectivity index (χ0) is 17.0. The molecule has 23 heavy (non-hydrogen) atoms. The number of nitrogens with zero attached hydrogens (tertiary/aromatic N) is 3. The average molecular weight is 332 g/mol. The number of thiophene rings is 1. The Labute approximate surface area is 135 Å². The highest BCUT2D eigenvalue weighted by Crippen LogP contribution is 2.26. The largest absolute Gasteiger partial charge is 0.473 e. The van der Waals surface area contributed by atoms with Crippen LogP contribution in [-0.2, 0) is 4.79 Å². The van der Waals surface area contributed by atoms with Crippen molar-refractivity contribution in [2.45, 2.75) is 20.0 Å². The topological polar surface area (TPSA) is 118 Å². The van der Waals surface area contributed by atoms with Crippen LogP contribution in [0.1, 0.15) is 18.2 Å². The van der Waals surface area contributed by atoms with Crippen LogP contribution in [-0.4, -0.2) is 21.9 Å². The summed E-state index contributed by atoms with van der Waals surface area (Å²) in [5, 5.41) is 24.5. The van der Waals surface area contributed by atoms with Gasteiger partial charge in [-0.05, 0) is 40.4 Å². The Balaban J connectivity index is 2.13. The number of nitrogens with one attached hydrogen (secondary N) is 1. The first kappa shape index (κ1) is 16.4. The second-order valence-corrected chi connectivity index (χ2v) is 5.47. The number of aromatic nitrogens is 1.